The highest BCUT2D eigenvalue weighted by molar-refractivity contribution is 5.83. The molecule has 28 heavy (non-hydrogen) atoms. The van der Waals surface area contributed by atoms with E-state index >= 15 is 0 Å². The first-order valence-corrected chi connectivity index (χ1v) is 9.86. The van der Waals surface area contributed by atoms with Gasteiger partial charge in [0, 0.05) is 13.1 Å². The van der Waals surface area contributed by atoms with Gasteiger partial charge in [0.25, 0.3) is 0 Å². The molecule has 2 aromatic rings. The van der Waals surface area contributed by atoms with Crippen LogP contribution in [0.25, 0.3) is 0 Å². The third kappa shape index (κ3) is 3.42. The van der Waals surface area contributed by atoms with Crippen LogP contribution in [0.15, 0.2) is 54.6 Å². The normalized spacial score (nSPS) is 21.0. The molecule has 1 atom stereocenters. The minimum Gasteiger partial charge on any atom is -0.481 e. The molecule has 0 radical (unpaired) electrons. The molecule has 0 aromatic heterocycles. The quantitative estimate of drug-likeness (QED) is 0.885. The first-order valence-electron chi connectivity index (χ1n) is 9.86. The number of nitrogens with zero attached hydrogens (tertiary/aromatic N) is 1. The lowest BCUT2D eigenvalue weighted by atomic mass is 9.73. The van der Waals surface area contributed by atoms with Crippen LogP contribution in [0.4, 0.5) is 0 Å². The highest BCUT2D eigenvalue weighted by atomic mass is 16.5. The maximum Gasteiger partial charge on any atom is 0.314 e. The summed E-state index contributed by atoms with van der Waals surface area (Å²) in [6, 6.07) is 17.5. The summed E-state index contributed by atoms with van der Waals surface area (Å²) in [6.45, 7) is 1.54. The molecule has 1 N–H and O–H groups in total. The molecule has 2 aliphatic rings. The van der Waals surface area contributed by atoms with Crippen LogP contribution in [0.5, 0.6) is 0 Å². The van der Waals surface area contributed by atoms with E-state index in [-0.39, 0.29) is 12.0 Å². The second-order valence-electron chi connectivity index (χ2n) is 7.65. The van der Waals surface area contributed by atoms with E-state index in [0.29, 0.717) is 39.0 Å². The maximum absolute atomic E-state index is 12.9. The molecule has 2 heterocycles. The molecule has 5 heteroatoms. The summed E-state index contributed by atoms with van der Waals surface area (Å²) < 4.78 is 5.87. The Bertz CT molecular complexity index is 856. The molecule has 1 saturated heterocycles. The number of carbonyl (C=O) groups is 2. The summed E-state index contributed by atoms with van der Waals surface area (Å²) in [4.78, 5) is 26.8. The van der Waals surface area contributed by atoms with Crippen molar-refractivity contribution in [3.63, 3.8) is 0 Å². The molecular formula is C23H25NO4. The third-order valence-electron chi connectivity index (χ3n) is 6.16. The van der Waals surface area contributed by atoms with Gasteiger partial charge in [-0.25, -0.2) is 0 Å². The monoisotopic (exact) mass is 379 g/mol. The topological polar surface area (TPSA) is 66.8 Å². The van der Waals surface area contributed by atoms with Crippen LogP contribution >= 0.6 is 0 Å². The molecule has 1 fully saturated rings. The molecule has 0 aliphatic carbocycles. The molecule has 0 spiro atoms. The molecule has 1 amide bonds. The Labute approximate surface area is 164 Å². The zero-order valence-corrected chi connectivity index (χ0v) is 15.8. The minimum atomic E-state index is -0.911. The number of fused-ring (bicyclic) bond motifs is 1. The average molecular weight is 379 g/mol. The van der Waals surface area contributed by atoms with Crippen LogP contribution in [0.2, 0.25) is 0 Å². The van der Waals surface area contributed by atoms with Crippen molar-refractivity contribution >= 4 is 11.9 Å². The van der Waals surface area contributed by atoms with Gasteiger partial charge in [0.15, 0.2) is 0 Å². The van der Waals surface area contributed by atoms with Gasteiger partial charge in [0.05, 0.1) is 24.5 Å². The number of carboxylic acid groups (broad SMARTS) is 1. The van der Waals surface area contributed by atoms with E-state index in [4.69, 9.17) is 4.74 Å². The number of carboxylic acids is 1. The predicted molar refractivity (Wildman–Crippen MR) is 105 cm³/mol. The fourth-order valence-electron chi connectivity index (χ4n) is 4.45. The smallest absolute Gasteiger partial charge is 0.314 e. The Balaban J connectivity index is 1.44. The number of rotatable bonds is 4. The van der Waals surface area contributed by atoms with E-state index < -0.39 is 11.4 Å². The first-order chi connectivity index (χ1) is 13.6. The summed E-state index contributed by atoms with van der Waals surface area (Å²) in [5, 5.41) is 9.91. The Morgan fingerprint density at radius 2 is 1.71 bits per heavy atom. The molecule has 4 rings (SSSR count). The molecule has 5 nitrogen and oxygen atoms in total. The standard InChI is InChI=1S/C23H25NO4/c25-21(16-20-19-9-5-4-6-17(19)10-15-28-20)24-13-11-23(12-14-24,22(26)27)18-7-2-1-3-8-18/h1-9,20H,10-16H2,(H,26,27). The van der Waals surface area contributed by atoms with Crippen molar-refractivity contribution in [2.45, 2.75) is 37.2 Å². The number of amides is 1. The van der Waals surface area contributed by atoms with E-state index in [1.807, 2.05) is 48.5 Å². The van der Waals surface area contributed by atoms with Crippen molar-refractivity contribution in [1.82, 2.24) is 4.90 Å². The van der Waals surface area contributed by atoms with Gasteiger partial charge in [0.1, 0.15) is 0 Å². The van der Waals surface area contributed by atoms with Crippen LogP contribution in [0, 0.1) is 0 Å². The van der Waals surface area contributed by atoms with Crippen LogP contribution in [-0.2, 0) is 26.2 Å². The average Bonchev–Trinajstić information content (AvgIpc) is 2.74. The van der Waals surface area contributed by atoms with Gasteiger partial charge >= 0.3 is 5.97 Å². The number of carbonyl (C=O) groups excluding carboxylic acids is 1. The highest BCUT2D eigenvalue weighted by Gasteiger charge is 2.44. The fraction of sp³-hybridized carbons (Fsp3) is 0.391. The van der Waals surface area contributed by atoms with E-state index in [1.165, 1.54) is 5.56 Å². The SMILES string of the molecule is O=C(CC1OCCc2ccccc21)N1CCC(C(=O)O)(c2ccccc2)CC1. The van der Waals surface area contributed by atoms with Gasteiger partial charge in [0.2, 0.25) is 5.91 Å². The van der Waals surface area contributed by atoms with Crippen molar-refractivity contribution < 1.29 is 19.4 Å². The molecule has 0 saturated carbocycles. The highest BCUT2D eigenvalue weighted by Crippen LogP contribution is 2.37. The lowest BCUT2D eigenvalue weighted by Gasteiger charge is -2.39. The van der Waals surface area contributed by atoms with Gasteiger partial charge in [-0.15, -0.1) is 0 Å². The third-order valence-corrected chi connectivity index (χ3v) is 6.16. The van der Waals surface area contributed by atoms with E-state index in [9.17, 15) is 14.7 Å². The number of piperidine rings is 1. The number of likely N-dealkylation sites (tertiary alicyclic amines) is 1. The summed E-state index contributed by atoms with van der Waals surface area (Å²) in [6.07, 6.45) is 1.84. The second kappa shape index (κ2) is 7.76. The zero-order chi connectivity index (χ0) is 19.6. The largest absolute Gasteiger partial charge is 0.481 e. The second-order valence-corrected chi connectivity index (χ2v) is 7.65. The Morgan fingerprint density at radius 3 is 2.43 bits per heavy atom. The van der Waals surface area contributed by atoms with Gasteiger partial charge in [-0.1, -0.05) is 54.6 Å². The summed E-state index contributed by atoms with van der Waals surface area (Å²) >= 11 is 0. The molecule has 146 valence electrons. The van der Waals surface area contributed by atoms with Crippen LogP contribution in [0.1, 0.15) is 42.1 Å². The van der Waals surface area contributed by atoms with Gasteiger partial charge < -0.3 is 14.7 Å². The summed E-state index contributed by atoms with van der Waals surface area (Å²) in [5.74, 6) is -0.774. The van der Waals surface area contributed by atoms with Crippen LogP contribution < -0.4 is 0 Å². The van der Waals surface area contributed by atoms with Gasteiger partial charge in [-0.05, 0) is 36.0 Å². The van der Waals surface area contributed by atoms with Crippen molar-refractivity contribution in [1.29, 1.82) is 0 Å². The summed E-state index contributed by atoms with van der Waals surface area (Å²) in [5.41, 5.74) is 2.26. The summed E-state index contributed by atoms with van der Waals surface area (Å²) in [7, 11) is 0. The lowest BCUT2D eigenvalue weighted by molar-refractivity contribution is -0.149. The van der Waals surface area contributed by atoms with Crippen molar-refractivity contribution in [3.05, 3.63) is 71.3 Å². The molecular weight excluding hydrogens is 354 g/mol. The fourth-order valence-corrected chi connectivity index (χ4v) is 4.45. The molecule has 0 bridgehead atoms. The first kappa shape index (κ1) is 18.7. The Kier molecular flexibility index (Phi) is 5.18. The van der Waals surface area contributed by atoms with E-state index in [2.05, 4.69) is 6.07 Å². The maximum atomic E-state index is 12.9. The Hall–Kier alpha value is -2.66. The van der Waals surface area contributed by atoms with Crippen molar-refractivity contribution in [2.75, 3.05) is 19.7 Å². The number of aliphatic carboxylic acids is 1. The van der Waals surface area contributed by atoms with E-state index in [1.54, 1.807) is 4.90 Å². The van der Waals surface area contributed by atoms with Gasteiger partial charge in [-0.3, -0.25) is 9.59 Å². The number of ether oxygens (including phenoxy) is 1. The predicted octanol–water partition coefficient (Wildman–Crippen LogP) is 3.34. The number of hydrogen-bond donors (Lipinski definition) is 1. The minimum absolute atomic E-state index is 0.0359. The van der Waals surface area contributed by atoms with E-state index in [0.717, 1.165) is 17.5 Å². The molecule has 2 aliphatic heterocycles. The Morgan fingerprint density at radius 1 is 1.04 bits per heavy atom. The zero-order valence-electron chi connectivity index (χ0n) is 15.8. The van der Waals surface area contributed by atoms with Crippen LogP contribution in [0.3, 0.4) is 0 Å². The molecule has 1 unspecified atom stereocenters. The van der Waals surface area contributed by atoms with Crippen LogP contribution in [-0.4, -0.2) is 41.6 Å². The molecule has 2 aromatic carbocycles. The lowest BCUT2D eigenvalue weighted by Crippen LogP contribution is -2.49. The number of hydrogen-bond acceptors (Lipinski definition) is 3. The van der Waals surface area contributed by atoms with Crippen molar-refractivity contribution in [2.24, 2.45) is 0 Å². The van der Waals surface area contributed by atoms with Crippen molar-refractivity contribution in [3.8, 4) is 0 Å². The van der Waals surface area contributed by atoms with Gasteiger partial charge in [-0.2, -0.15) is 0 Å². The number of benzene rings is 2.